The summed E-state index contributed by atoms with van der Waals surface area (Å²) in [6.45, 7) is 13.7. The number of piperidine rings is 6. The van der Waals surface area contributed by atoms with E-state index in [1.807, 2.05) is 45.4 Å². The van der Waals surface area contributed by atoms with E-state index < -0.39 is 71.9 Å². The molecule has 0 aliphatic carbocycles. The molecule has 32 nitrogen and oxygen atoms in total. The van der Waals surface area contributed by atoms with Crippen molar-refractivity contribution in [2.45, 2.75) is 153 Å². The van der Waals surface area contributed by atoms with Crippen LogP contribution >= 0.6 is 23.2 Å². The van der Waals surface area contributed by atoms with Crippen LogP contribution in [0.15, 0.2) is 95.0 Å². The van der Waals surface area contributed by atoms with E-state index in [-0.39, 0.29) is 94.6 Å². The molecule has 14 heterocycles. The number of alkyl halides is 2. The van der Waals surface area contributed by atoms with Crippen molar-refractivity contribution < 1.29 is 47.0 Å². The molecule has 36 heteroatoms. The van der Waals surface area contributed by atoms with Crippen LogP contribution in [0.4, 0.5) is 43.7 Å². The Kier molecular flexibility index (Phi) is 23.6. The number of pyridine rings is 4. The van der Waals surface area contributed by atoms with Crippen LogP contribution in [0.5, 0.6) is 11.5 Å². The fraction of sp³-hybridized carbons (Fsp3) is 0.476. The van der Waals surface area contributed by atoms with Crippen LogP contribution in [0.25, 0.3) is 43.9 Å². The number of fused-ring (bicyclic) bond motifs is 4. The van der Waals surface area contributed by atoms with Crippen molar-refractivity contribution in [3.05, 3.63) is 139 Å². The van der Waals surface area contributed by atoms with Crippen LogP contribution in [0.3, 0.4) is 0 Å². The molecule has 3 unspecified atom stereocenters. The molecule has 630 valence electrons. The third-order valence-corrected chi connectivity index (χ3v) is 24.9. The number of benzene rings is 2. The summed E-state index contributed by atoms with van der Waals surface area (Å²) >= 11 is 13.4. The number of hydrazine groups is 1. The molecule has 0 saturated carbocycles. The number of rotatable bonds is 22. The lowest BCUT2D eigenvalue weighted by Crippen LogP contribution is -2.50. The maximum absolute atomic E-state index is 16.3. The highest BCUT2D eigenvalue weighted by Crippen LogP contribution is 2.40. The Labute approximate surface area is 699 Å². The number of amides is 6. The van der Waals surface area contributed by atoms with Crippen molar-refractivity contribution in [1.82, 2.24) is 89.5 Å². The first kappa shape index (κ1) is 82.3. The first-order valence-corrected chi connectivity index (χ1v) is 41.8. The van der Waals surface area contributed by atoms with E-state index in [1.54, 1.807) is 39.8 Å². The van der Waals surface area contributed by atoms with Crippen LogP contribution in [-0.2, 0) is 42.9 Å². The lowest BCUT2D eigenvalue weighted by Gasteiger charge is -2.39. The number of aromatic nitrogens is 12. The van der Waals surface area contributed by atoms with Gasteiger partial charge in [-0.15, -0.1) is 0 Å². The zero-order chi connectivity index (χ0) is 84.2. The van der Waals surface area contributed by atoms with Gasteiger partial charge in [0.1, 0.15) is 33.7 Å². The molecule has 7 atom stereocenters. The Morgan fingerprint density at radius 1 is 0.567 bits per heavy atom. The quantitative estimate of drug-likeness (QED) is 0.0311. The summed E-state index contributed by atoms with van der Waals surface area (Å²) in [6, 6.07) is 18.2. The van der Waals surface area contributed by atoms with Gasteiger partial charge in [0.2, 0.25) is 35.5 Å². The number of carbonyl (C=O) groups is 6. The molecule has 6 aliphatic heterocycles. The van der Waals surface area contributed by atoms with Gasteiger partial charge in [-0.25, -0.2) is 28.7 Å². The monoisotopic (exact) mass is 1680 g/mol. The van der Waals surface area contributed by atoms with E-state index >= 15 is 8.78 Å². The van der Waals surface area contributed by atoms with Gasteiger partial charge in [-0.3, -0.25) is 77.9 Å². The molecule has 0 radical (unpaired) electrons. The number of aryl methyl sites for hydroxylation is 2. The number of carbonyl (C=O) groups excluding carboxylic acids is 6. The number of nitrogens with zero attached hydrogens (tertiary/aromatic N) is 17. The van der Waals surface area contributed by atoms with Gasteiger partial charge in [-0.2, -0.15) is 20.2 Å². The minimum atomic E-state index is -1.33. The van der Waals surface area contributed by atoms with Crippen molar-refractivity contribution in [2.75, 3.05) is 99.5 Å². The molecule has 16 rings (SSSR count). The van der Waals surface area contributed by atoms with Gasteiger partial charge in [0.15, 0.2) is 35.8 Å². The standard InChI is InChI=1S/C84H96Cl2F2N22O10/c1-44(2)109-76-53(29-55(35-89-76)93-74-61(85)37-91-83(97-74)107-27-21-51(63(87)41-107)39-105-23-17-47(18-24-105)49-9-11-57-65(31-49)102(6)99-72(57)59-13-15-69(111)95-79(59)115)33-67(81(109)117)119-43-71(113)104(8)101-78(114)46(5)120-68-34-54-30-56(36-90-77(54)110(45(3)4)82(68)118)94-75-62(86)38-92-84(98-75)108-28-22-52(64(88)42-108)40-106-25-19-48(20-26-106)50-10-12-58-66(32-50)103(7)100-73(58)60-14-16-70(112)96-80(60)116/h9-12,29-38,44-48,51-52,59-60,63-64H,13-28,39-43H2,1-8H3,(H,101,114)(H,91,93,97)(H,92,94,98)(H,95,111,115)(H,96,112,116)/t46?,51-,52-,59?,60?,63-,64-/m0/s1. The summed E-state index contributed by atoms with van der Waals surface area (Å²) in [5.74, 6) is -2.65. The van der Waals surface area contributed by atoms with Crippen LogP contribution in [0.2, 0.25) is 10.0 Å². The van der Waals surface area contributed by atoms with E-state index in [4.69, 9.17) is 52.8 Å². The lowest BCUT2D eigenvalue weighted by atomic mass is 9.87. The van der Waals surface area contributed by atoms with Crippen molar-refractivity contribution in [1.29, 1.82) is 0 Å². The number of likely N-dealkylation sites (tertiary alicyclic amines) is 2. The fourth-order valence-electron chi connectivity index (χ4n) is 17.7. The van der Waals surface area contributed by atoms with Gasteiger partial charge in [0.25, 0.3) is 22.9 Å². The minimum absolute atomic E-state index is 0.0905. The third-order valence-electron chi connectivity index (χ3n) is 24.3. The molecule has 5 N–H and O–H groups in total. The van der Waals surface area contributed by atoms with Crippen molar-refractivity contribution in [3.63, 3.8) is 0 Å². The van der Waals surface area contributed by atoms with E-state index in [1.165, 1.54) is 71.2 Å². The van der Waals surface area contributed by atoms with Crippen molar-refractivity contribution in [2.24, 2.45) is 25.9 Å². The number of hydrogen-bond acceptors (Lipinski definition) is 24. The maximum atomic E-state index is 16.3. The Balaban J connectivity index is 0.502. The van der Waals surface area contributed by atoms with E-state index in [0.717, 1.165) is 78.7 Å². The van der Waals surface area contributed by atoms with Gasteiger partial charge in [-0.05, 0) is 172 Å². The molecule has 0 spiro atoms. The summed E-state index contributed by atoms with van der Waals surface area (Å²) in [6.07, 6.45) is 8.60. The predicted octanol–water partition coefficient (Wildman–Crippen LogP) is 9.88. The number of hydrogen-bond donors (Lipinski definition) is 5. The predicted molar refractivity (Wildman–Crippen MR) is 449 cm³/mol. The first-order chi connectivity index (χ1) is 57.6. The highest BCUT2D eigenvalue weighted by atomic mass is 35.5. The highest BCUT2D eigenvalue weighted by molar-refractivity contribution is 6.33. The normalized spacial score (nSPS) is 20.9. The molecule has 0 bridgehead atoms. The molecule has 2 aromatic carbocycles. The Morgan fingerprint density at radius 3 is 1.44 bits per heavy atom. The molecular formula is C84H96Cl2F2N22O10. The van der Waals surface area contributed by atoms with Crippen molar-refractivity contribution in [3.8, 4) is 11.5 Å². The van der Waals surface area contributed by atoms with Crippen LogP contribution < -0.4 is 57.1 Å². The second kappa shape index (κ2) is 34.4. The minimum Gasteiger partial charge on any atom is -0.478 e. The molecule has 8 aromatic heterocycles. The second-order valence-corrected chi connectivity index (χ2v) is 33.9. The SMILES string of the molecule is CC(Oc1cc2cc(Nc3nc(N4CC[C@@H](CN5CCC(c6ccc7c(C8CCC(=O)NC8=O)nn(C)c7c6)CC5)[C@@H](F)C4)ncc3Cl)cnc2n(C(C)C)c1=O)C(=O)NN(C)C(=O)COc1cc2cc(Nc3nc(N4CC[C@@H](CN5CCC(c6ccc7c(C8CCC(=O)NC8=O)nn(C)c7c6)CC5)[C@@H](F)C4)ncc3Cl)cnc2n(C(C)C)c1=O. The maximum Gasteiger partial charge on any atom is 0.294 e. The van der Waals surface area contributed by atoms with Gasteiger partial charge in [0.05, 0.1) is 83.5 Å². The first-order valence-electron chi connectivity index (χ1n) is 41.0. The summed E-state index contributed by atoms with van der Waals surface area (Å²) in [5.41, 5.74) is 8.56. The molecule has 6 fully saturated rings. The van der Waals surface area contributed by atoms with E-state index in [2.05, 4.69) is 80.7 Å². The van der Waals surface area contributed by atoms with Gasteiger partial charge in [0, 0.05) is 106 Å². The lowest BCUT2D eigenvalue weighted by molar-refractivity contribution is -0.143. The van der Waals surface area contributed by atoms with Crippen LogP contribution in [0, 0.1) is 11.8 Å². The third kappa shape index (κ3) is 17.1. The topological polar surface area (TPSA) is 354 Å². The summed E-state index contributed by atoms with van der Waals surface area (Å²) in [5, 5.41) is 24.8. The van der Waals surface area contributed by atoms with E-state index in [9.17, 15) is 38.4 Å². The summed E-state index contributed by atoms with van der Waals surface area (Å²) in [4.78, 5) is 141. The Morgan fingerprint density at radius 2 is 1.01 bits per heavy atom. The number of halogens is 4. The fourth-order valence-corrected chi connectivity index (χ4v) is 18.0. The van der Waals surface area contributed by atoms with Gasteiger partial charge in [-0.1, -0.05) is 47.5 Å². The van der Waals surface area contributed by atoms with Crippen molar-refractivity contribution >= 4 is 137 Å². The Hall–Kier alpha value is -11.4. The molecule has 120 heavy (non-hydrogen) atoms. The molecule has 6 aliphatic rings. The average Bonchev–Trinajstić information content (AvgIpc) is 1.64. The average molecular weight is 1680 g/mol. The van der Waals surface area contributed by atoms with E-state index in [0.29, 0.717) is 120 Å². The molecule has 10 aromatic rings. The molecular weight excluding hydrogens is 1590 g/mol. The van der Waals surface area contributed by atoms with Crippen LogP contribution in [-0.4, -0.2) is 206 Å². The zero-order valence-electron chi connectivity index (χ0n) is 68.0. The largest absolute Gasteiger partial charge is 0.478 e. The van der Waals surface area contributed by atoms with Gasteiger partial charge < -0.3 is 39.7 Å². The zero-order valence-corrected chi connectivity index (χ0v) is 69.5. The number of likely N-dealkylation sites (N-methyl/N-ethyl adjacent to an activating group) is 1. The number of anilines is 6. The Bertz CT molecular complexity index is 5810. The smallest absolute Gasteiger partial charge is 0.294 e. The summed E-state index contributed by atoms with van der Waals surface area (Å²) in [7, 11) is 5.05. The highest BCUT2D eigenvalue weighted by Gasteiger charge is 2.39. The van der Waals surface area contributed by atoms with Gasteiger partial charge >= 0.3 is 0 Å². The molecule has 6 saturated heterocycles. The number of nitrogens with one attached hydrogen (secondary N) is 5. The second-order valence-electron chi connectivity index (χ2n) is 33.0. The number of imide groups is 2. The van der Waals surface area contributed by atoms with Crippen LogP contribution in [0.1, 0.15) is 157 Å². The number of ether oxygens (including phenoxy) is 2. The summed E-state index contributed by atoms with van der Waals surface area (Å²) < 4.78 is 51.1. The molecule has 6 amide bonds.